The molecule has 2 rings (SSSR count). The van der Waals surface area contributed by atoms with E-state index in [1.807, 2.05) is 0 Å². The lowest BCUT2D eigenvalue weighted by Gasteiger charge is -2.22. The number of hydrogen-bond donors (Lipinski definition) is 2. The number of hydrogen-bond acceptors (Lipinski definition) is 3. The molecule has 0 spiro atoms. The van der Waals surface area contributed by atoms with Crippen molar-refractivity contribution in [1.82, 2.24) is 5.32 Å². The molecule has 0 aliphatic carbocycles. The highest BCUT2D eigenvalue weighted by Gasteiger charge is 2.15. The number of carbonyl (C=O) groups is 2. The third-order valence-electron chi connectivity index (χ3n) is 3.33. The molecule has 0 bridgehead atoms. The van der Waals surface area contributed by atoms with Crippen molar-refractivity contribution in [2.75, 3.05) is 13.2 Å². The van der Waals surface area contributed by atoms with E-state index in [1.54, 1.807) is 24.3 Å². The summed E-state index contributed by atoms with van der Waals surface area (Å²) >= 11 is 0. The van der Waals surface area contributed by atoms with Gasteiger partial charge in [-0.25, -0.2) is 4.79 Å². The normalized spacial score (nSPS) is 18.6. The van der Waals surface area contributed by atoms with Crippen LogP contribution in [0.5, 0.6) is 0 Å². The van der Waals surface area contributed by atoms with Crippen LogP contribution in [0.15, 0.2) is 30.3 Å². The minimum atomic E-state index is -1.01. The van der Waals surface area contributed by atoms with E-state index in [0.717, 1.165) is 31.9 Å². The lowest BCUT2D eigenvalue weighted by molar-refractivity contribution is -0.131. The van der Waals surface area contributed by atoms with Gasteiger partial charge >= 0.3 is 5.97 Å². The van der Waals surface area contributed by atoms with Gasteiger partial charge in [-0.1, -0.05) is 12.1 Å². The van der Waals surface area contributed by atoms with Gasteiger partial charge in [0.1, 0.15) is 0 Å². The van der Waals surface area contributed by atoms with Crippen LogP contribution in [0, 0.1) is 0 Å². The Labute approximate surface area is 123 Å². The maximum Gasteiger partial charge on any atom is 0.328 e. The lowest BCUT2D eigenvalue weighted by Crippen LogP contribution is -2.35. The zero-order valence-corrected chi connectivity index (χ0v) is 11.7. The fourth-order valence-electron chi connectivity index (χ4n) is 2.23. The van der Waals surface area contributed by atoms with E-state index in [1.165, 1.54) is 6.08 Å². The molecule has 1 saturated heterocycles. The summed E-state index contributed by atoms with van der Waals surface area (Å²) in [6.07, 6.45) is 5.80. The second-order valence-electron chi connectivity index (χ2n) is 5.00. The largest absolute Gasteiger partial charge is 0.478 e. The molecule has 1 aromatic rings. The van der Waals surface area contributed by atoms with Gasteiger partial charge in [-0.2, -0.15) is 0 Å². The highest BCUT2D eigenvalue weighted by molar-refractivity contribution is 5.95. The first kappa shape index (κ1) is 15.3. The molecular weight excluding hydrogens is 270 g/mol. The summed E-state index contributed by atoms with van der Waals surface area (Å²) in [6, 6.07) is 6.85. The zero-order valence-electron chi connectivity index (χ0n) is 11.7. The molecule has 0 radical (unpaired) electrons. The Morgan fingerprint density at radius 2 is 2.24 bits per heavy atom. The molecule has 0 aromatic heterocycles. The minimum Gasteiger partial charge on any atom is -0.478 e. The van der Waals surface area contributed by atoms with E-state index in [9.17, 15) is 9.59 Å². The molecule has 2 N–H and O–H groups in total. The van der Waals surface area contributed by atoms with Crippen LogP contribution in [-0.2, 0) is 9.53 Å². The molecule has 1 aromatic carbocycles. The summed E-state index contributed by atoms with van der Waals surface area (Å²) in [7, 11) is 0. The van der Waals surface area contributed by atoms with Gasteiger partial charge in [0.2, 0.25) is 0 Å². The fraction of sp³-hybridized carbons (Fsp3) is 0.375. The monoisotopic (exact) mass is 289 g/mol. The molecule has 1 atom stereocenters. The summed E-state index contributed by atoms with van der Waals surface area (Å²) in [5, 5.41) is 11.5. The minimum absolute atomic E-state index is 0.0952. The fourth-order valence-corrected chi connectivity index (χ4v) is 2.23. The van der Waals surface area contributed by atoms with Gasteiger partial charge in [0.05, 0.1) is 6.10 Å². The predicted molar refractivity (Wildman–Crippen MR) is 79.0 cm³/mol. The van der Waals surface area contributed by atoms with Gasteiger partial charge in [-0.3, -0.25) is 4.79 Å². The van der Waals surface area contributed by atoms with Crippen LogP contribution in [0.4, 0.5) is 0 Å². The molecule has 5 heteroatoms. The maximum absolute atomic E-state index is 12.1. The molecule has 5 nitrogen and oxygen atoms in total. The van der Waals surface area contributed by atoms with Gasteiger partial charge in [-0.15, -0.1) is 0 Å². The molecule has 1 fully saturated rings. The first-order valence-electron chi connectivity index (χ1n) is 7.06. The van der Waals surface area contributed by atoms with Crippen molar-refractivity contribution in [3.8, 4) is 0 Å². The van der Waals surface area contributed by atoms with Gasteiger partial charge in [0, 0.05) is 24.8 Å². The molecular formula is C16H19NO4. The van der Waals surface area contributed by atoms with Gasteiger partial charge in [0.15, 0.2) is 0 Å². The second kappa shape index (κ2) is 7.59. The Hall–Kier alpha value is -2.14. The molecule has 1 aliphatic rings. The van der Waals surface area contributed by atoms with Gasteiger partial charge in [0.25, 0.3) is 5.91 Å². The average Bonchev–Trinajstić information content (AvgIpc) is 2.52. The molecule has 1 amide bonds. The van der Waals surface area contributed by atoms with Crippen molar-refractivity contribution in [2.24, 2.45) is 0 Å². The topological polar surface area (TPSA) is 75.6 Å². The van der Waals surface area contributed by atoms with Crippen molar-refractivity contribution in [3.05, 3.63) is 41.5 Å². The summed E-state index contributed by atoms with van der Waals surface area (Å²) in [5.41, 5.74) is 1.19. The third-order valence-corrected chi connectivity index (χ3v) is 3.33. The summed E-state index contributed by atoms with van der Waals surface area (Å²) in [4.78, 5) is 22.6. The number of carboxylic acids is 1. The number of ether oxygens (including phenoxy) is 1. The van der Waals surface area contributed by atoms with Gasteiger partial charge in [-0.05, 0) is 43.0 Å². The summed E-state index contributed by atoms with van der Waals surface area (Å²) in [6.45, 7) is 1.27. The number of amides is 1. The van der Waals surface area contributed by atoms with Gasteiger partial charge < -0.3 is 15.2 Å². The van der Waals surface area contributed by atoms with Crippen molar-refractivity contribution in [1.29, 1.82) is 0 Å². The second-order valence-corrected chi connectivity index (χ2v) is 5.00. The third kappa shape index (κ3) is 5.04. The van der Waals surface area contributed by atoms with E-state index in [2.05, 4.69) is 5.32 Å². The lowest BCUT2D eigenvalue weighted by atomic mass is 10.1. The number of aliphatic carboxylic acids is 1. The van der Waals surface area contributed by atoms with Crippen LogP contribution < -0.4 is 5.32 Å². The molecule has 21 heavy (non-hydrogen) atoms. The highest BCUT2D eigenvalue weighted by atomic mass is 16.5. The smallest absolute Gasteiger partial charge is 0.328 e. The Bertz CT molecular complexity index is 533. The quantitative estimate of drug-likeness (QED) is 0.814. The van der Waals surface area contributed by atoms with Crippen LogP contribution in [0.3, 0.4) is 0 Å². The number of benzene rings is 1. The molecule has 1 heterocycles. The summed E-state index contributed by atoms with van der Waals surface area (Å²) < 4.78 is 5.56. The average molecular weight is 289 g/mol. The molecule has 1 unspecified atom stereocenters. The Kier molecular flexibility index (Phi) is 5.51. The Morgan fingerprint density at radius 3 is 2.95 bits per heavy atom. The van der Waals surface area contributed by atoms with E-state index in [0.29, 0.717) is 17.7 Å². The summed E-state index contributed by atoms with van der Waals surface area (Å²) in [5.74, 6) is -1.19. The number of rotatable bonds is 5. The van der Waals surface area contributed by atoms with E-state index in [4.69, 9.17) is 9.84 Å². The Morgan fingerprint density at radius 1 is 1.38 bits per heavy atom. The highest BCUT2D eigenvalue weighted by Crippen LogP contribution is 2.12. The molecule has 1 aliphatic heterocycles. The molecule has 112 valence electrons. The first-order valence-corrected chi connectivity index (χ1v) is 7.06. The first-order chi connectivity index (χ1) is 10.1. The maximum atomic E-state index is 12.1. The molecule has 0 saturated carbocycles. The van der Waals surface area contributed by atoms with Crippen LogP contribution >= 0.6 is 0 Å². The van der Waals surface area contributed by atoms with Crippen LogP contribution in [0.25, 0.3) is 6.08 Å². The Balaban J connectivity index is 1.92. The number of carbonyl (C=O) groups excluding carboxylic acids is 1. The SMILES string of the molecule is O=C(O)C=Cc1cccc(C(=O)NCC2CCCCO2)c1. The van der Waals surface area contributed by atoms with Crippen molar-refractivity contribution >= 4 is 18.0 Å². The van der Waals surface area contributed by atoms with Crippen LogP contribution in [-0.4, -0.2) is 36.2 Å². The van der Waals surface area contributed by atoms with Crippen molar-refractivity contribution in [2.45, 2.75) is 25.4 Å². The van der Waals surface area contributed by atoms with Crippen molar-refractivity contribution in [3.63, 3.8) is 0 Å². The van der Waals surface area contributed by atoms with E-state index < -0.39 is 5.97 Å². The zero-order chi connectivity index (χ0) is 15.1. The van der Waals surface area contributed by atoms with E-state index >= 15 is 0 Å². The van der Waals surface area contributed by atoms with Crippen molar-refractivity contribution < 1.29 is 19.4 Å². The van der Waals surface area contributed by atoms with Crippen LogP contribution in [0.1, 0.15) is 35.2 Å². The van der Waals surface area contributed by atoms with E-state index in [-0.39, 0.29) is 12.0 Å². The number of carboxylic acid groups (broad SMARTS) is 1. The standard InChI is InChI=1S/C16H19NO4/c18-15(19)8-7-12-4-3-5-13(10-12)16(20)17-11-14-6-1-2-9-21-14/h3-5,7-8,10,14H,1-2,6,9,11H2,(H,17,20)(H,18,19). The predicted octanol–water partition coefficient (Wildman–Crippen LogP) is 2.08. The van der Waals surface area contributed by atoms with Crippen LogP contribution in [0.2, 0.25) is 0 Å². The number of nitrogens with one attached hydrogen (secondary N) is 1.